The Bertz CT molecular complexity index is 432. The monoisotopic (exact) mass is 453 g/mol. The van der Waals surface area contributed by atoms with Gasteiger partial charge in [-0.25, -0.2) is 9.98 Å². The van der Waals surface area contributed by atoms with Crippen LogP contribution in [-0.4, -0.2) is 48.6 Å². The summed E-state index contributed by atoms with van der Waals surface area (Å²) in [6.45, 7) is 14.5. The lowest BCUT2D eigenvalue weighted by atomic mass is 10.3. The van der Waals surface area contributed by atoms with Gasteiger partial charge in [-0.1, -0.05) is 13.8 Å². The highest BCUT2D eigenvalue weighted by atomic mass is 127. The van der Waals surface area contributed by atoms with Crippen molar-refractivity contribution in [2.45, 2.75) is 47.1 Å². The van der Waals surface area contributed by atoms with Crippen molar-refractivity contribution in [1.82, 2.24) is 20.5 Å². The average Bonchev–Trinajstić information content (AvgIpc) is 2.94. The molecule has 0 atom stereocenters. The number of nitrogens with one attached hydrogen (secondary N) is 2. The molecule has 5 nitrogen and oxygen atoms in total. The zero-order valence-corrected chi connectivity index (χ0v) is 18.0. The summed E-state index contributed by atoms with van der Waals surface area (Å²) in [5.41, 5.74) is 0. The molecular formula is C16H32IN5S. The summed E-state index contributed by atoms with van der Waals surface area (Å²) in [6, 6.07) is 0. The first-order chi connectivity index (χ1) is 10.7. The fourth-order valence-electron chi connectivity index (χ4n) is 2.17. The van der Waals surface area contributed by atoms with Gasteiger partial charge in [0.1, 0.15) is 5.01 Å². The van der Waals surface area contributed by atoms with Gasteiger partial charge in [-0.2, -0.15) is 0 Å². The SMILES string of the molecule is CCNC(=NCc1ncc(C)s1)NCCCCN(CC)CC.I. The minimum Gasteiger partial charge on any atom is -0.357 e. The maximum atomic E-state index is 4.59. The first-order valence-corrected chi connectivity index (χ1v) is 9.17. The van der Waals surface area contributed by atoms with Crippen molar-refractivity contribution in [2.24, 2.45) is 4.99 Å². The van der Waals surface area contributed by atoms with Crippen LogP contribution >= 0.6 is 35.3 Å². The molecule has 0 radical (unpaired) electrons. The number of halogens is 1. The van der Waals surface area contributed by atoms with Gasteiger partial charge in [-0.3, -0.25) is 0 Å². The molecule has 0 amide bonds. The molecule has 0 fully saturated rings. The number of rotatable bonds is 10. The molecule has 1 rings (SSSR count). The Morgan fingerprint density at radius 1 is 1.22 bits per heavy atom. The summed E-state index contributed by atoms with van der Waals surface area (Å²) in [5, 5.41) is 7.76. The molecule has 0 aliphatic carbocycles. The lowest BCUT2D eigenvalue weighted by Crippen LogP contribution is -2.38. The molecule has 0 saturated heterocycles. The quantitative estimate of drug-likeness (QED) is 0.247. The van der Waals surface area contributed by atoms with Crippen LogP contribution in [0, 0.1) is 6.92 Å². The number of aliphatic imine (C=N–C) groups is 1. The molecule has 23 heavy (non-hydrogen) atoms. The summed E-state index contributed by atoms with van der Waals surface area (Å²) in [6.07, 6.45) is 4.29. The second kappa shape index (κ2) is 14.0. The molecule has 0 bridgehead atoms. The van der Waals surface area contributed by atoms with Crippen LogP contribution in [0.2, 0.25) is 0 Å². The molecule has 134 valence electrons. The van der Waals surface area contributed by atoms with Crippen LogP contribution in [0.4, 0.5) is 0 Å². The smallest absolute Gasteiger partial charge is 0.191 e. The fourth-order valence-corrected chi connectivity index (χ4v) is 2.88. The van der Waals surface area contributed by atoms with Gasteiger partial charge in [-0.15, -0.1) is 35.3 Å². The van der Waals surface area contributed by atoms with Crippen LogP contribution < -0.4 is 10.6 Å². The average molecular weight is 453 g/mol. The number of unbranched alkanes of at least 4 members (excludes halogenated alkanes) is 1. The Morgan fingerprint density at radius 2 is 1.96 bits per heavy atom. The number of thiazole rings is 1. The number of hydrogen-bond acceptors (Lipinski definition) is 4. The summed E-state index contributed by atoms with van der Waals surface area (Å²) in [7, 11) is 0. The highest BCUT2D eigenvalue weighted by Gasteiger charge is 2.01. The third-order valence-corrected chi connectivity index (χ3v) is 4.37. The van der Waals surface area contributed by atoms with Gasteiger partial charge in [0.05, 0.1) is 6.54 Å². The highest BCUT2D eigenvalue weighted by Crippen LogP contribution is 2.11. The van der Waals surface area contributed by atoms with Gasteiger partial charge >= 0.3 is 0 Å². The van der Waals surface area contributed by atoms with Gasteiger partial charge in [0.2, 0.25) is 0 Å². The molecule has 0 aromatic carbocycles. The molecule has 0 unspecified atom stereocenters. The minimum absolute atomic E-state index is 0. The van der Waals surface area contributed by atoms with Crippen molar-refractivity contribution < 1.29 is 0 Å². The van der Waals surface area contributed by atoms with Gasteiger partial charge in [0.15, 0.2) is 5.96 Å². The summed E-state index contributed by atoms with van der Waals surface area (Å²) in [5.74, 6) is 0.887. The van der Waals surface area contributed by atoms with E-state index in [0.717, 1.165) is 43.6 Å². The molecule has 1 aromatic rings. The zero-order chi connectivity index (χ0) is 16.2. The Kier molecular flexibility index (Phi) is 13.7. The van der Waals surface area contributed by atoms with E-state index in [2.05, 4.69) is 53.2 Å². The minimum atomic E-state index is 0. The molecule has 1 heterocycles. The van der Waals surface area contributed by atoms with E-state index in [9.17, 15) is 0 Å². The summed E-state index contributed by atoms with van der Waals surface area (Å²) in [4.78, 5) is 12.6. The first kappa shape index (κ1) is 22.6. The van der Waals surface area contributed by atoms with E-state index in [0.29, 0.717) is 6.54 Å². The van der Waals surface area contributed by atoms with Crippen LogP contribution in [-0.2, 0) is 6.54 Å². The molecule has 1 aromatic heterocycles. The molecule has 2 N–H and O–H groups in total. The van der Waals surface area contributed by atoms with E-state index in [-0.39, 0.29) is 24.0 Å². The summed E-state index contributed by atoms with van der Waals surface area (Å²) < 4.78 is 0. The van der Waals surface area contributed by atoms with Crippen LogP contribution in [0.5, 0.6) is 0 Å². The van der Waals surface area contributed by atoms with Gasteiger partial charge in [-0.05, 0) is 46.3 Å². The Hall–Kier alpha value is -0.410. The zero-order valence-electron chi connectivity index (χ0n) is 14.9. The van der Waals surface area contributed by atoms with E-state index < -0.39 is 0 Å². The Balaban J connectivity index is 0.00000484. The molecule has 0 spiro atoms. The van der Waals surface area contributed by atoms with Gasteiger partial charge in [0, 0.05) is 24.2 Å². The van der Waals surface area contributed by atoms with E-state index in [1.165, 1.54) is 17.8 Å². The summed E-state index contributed by atoms with van der Waals surface area (Å²) >= 11 is 1.71. The predicted molar refractivity (Wildman–Crippen MR) is 112 cm³/mol. The number of hydrogen-bond donors (Lipinski definition) is 2. The van der Waals surface area contributed by atoms with Crippen molar-refractivity contribution in [3.05, 3.63) is 16.1 Å². The second-order valence-corrected chi connectivity index (χ2v) is 6.54. The lowest BCUT2D eigenvalue weighted by molar-refractivity contribution is 0.297. The number of nitrogens with zero attached hydrogens (tertiary/aromatic N) is 3. The van der Waals surface area contributed by atoms with Crippen molar-refractivity contribution in [3.8, 4) is 0 Å². The van der Waals surface area contributed by atoms with Crippen LogP contribution in [0.15, 0.2) is 11.2 Å². The Morgan fingerprint density at radius 3 is 2.52 bits per heavy atom. The Labute approximate surface area is 162 Å². The van der Waals surface area contributed by atoms with E-state index in [4.69, 9.17) is 0 Å². The molecule has 7 heteroatoms. The number of aromatic nitrogens is 1. The van der Waals surface area contributed by atoms with Gasteiger partial charge < -0.3 is 15.5 Å². The van der Waals surface area contributed by atoms with Crippen LogP contribution in [0.1, 0.15) is 43.5 Å². The maximum Gasteiger partial charge on any atom is 0.191 e. The first-order valence-electron chi connectivity index (χ1n) is 8.35. The van der Waals surface area contributed by atoms with Crippen molar-refractivity contribution in [3.63, 3.8) is 0 Å². The van der Waals surface area contributed by atoms with Gasteiger partial charge in [0.25, 0.3) is 0 Å². The standard InChI is InChI=1S/C16H31N5S.HI/c1-5-17-16(20-13-15-19-12-14(4)22-15)18-10-8-9-11-21(6-2)7-3;/h12H,5-11,13H2,1-4H3,(H2,17,18,20);1H. The van der Waals surface area contributed by atoms with Crippen LogP contribution in [0.25, 0.3) is 0 Å². The largest absolute Gasteiger partial charge is 0.357 e. The lowest BCUT2D eigenvalue weighted by Gasteiger charge is -2.17. The third kappa shape index (κ3) is 10.1. The van der Waals surface area contributed by atoms with Crippen molar-refractivity contribution >= 4 is 41.3 Å². The van der Waals surface area contributed by atoms with E-state index in [1.807, 2.05) is 6.20 Å². The van der Waals surface area contributed by atoms with E-state index >= 15 is 0 Å². The molecular weight excluding hydrogens is 421 g/mol. The number of aryl methyl sites for hydroxylation is 1. The predicted octanol–water partition coefficient (Wildman–Crippen LogP) is 3.25. The third-order valence-electron chi connectivity index (χ3n) is 3.47. The maximum absolute atomic E-state index is 4.59. The highest BCUT2D eigenvalue weighted by molar-refractivity contribution is 14.0. The molecule has 0 aliphatic heterocycles. The topological polar surface area (TPSA) is 52.6 Å². The van der Waals surface area contributed by atoms with Crippen LogP contribution in [0.3, 0.4) is 0 Å². The van der Waals surface area contributed by atoms with Crippen molar-refractivity contribution in [2.75, 3.05) is 32.7 Å². The fraction of sp³-hybridized carbons (Fsp3) is 0.750. The molecule has 0 aliphatic rings. The van der Waals surface area contributed by atoms with Crippen molar-refractivity contribution in [1.29, 1.82) is 0 Å². The second-order valence-electron chi connectivity index (χ2n) is 5.22. The normalized spacial score (nSPS) is 11.4. The van der Waals surface area contributed by atoms with E-state index in [1.54, 1.807) is 11.3 Å². The molecule has 0 saturated carbocycles. The number of guanidine groups is 1.